The van der Waals surface area contributed by atoms with Crippen LogP contribution in [0.25, 0.3) is 0 Å². The topological polar surface area (TPSA) is 46.5 Å². The SMILES string of the molecule is CC12CC3CC1C(O)(C3)OC2=O. The Morgan fingerprint density at radius 3 is 2.83 bits per heavy atom. The molecule has 3 fully saturated rings. The Morgan fingerprint density at radius 1 is 1.58 bits per heavy atom. The van der Waals surface area contributed by atoms with Gasteiger partial charge in [-0.05, 0) is 25.7 Å². The first-order valence-electron chi connectivity index (χ1n) is 4.50. The molecule has 2 saturated carbocycles. The second-order valence-electron chi connectivity index (χ2n) is 4.71. The van der Waals surface area contributed by atoms with Gasteiger partial charge in [0.25, 0.3) is 0 Å². The highest BCUT2D eigenvalue weighted by molar-refractivity contribution is 5.81. The second kappa shape index (κ2) is 1.55. The second-order valence-corrected chi connectivity index (χ2v) is 4.71. The highest BCUT2D eigenvalue weighted by Gasteiger charge is 2.71. The van der Waals surface area contributed by atoms with Crippen LogP contribution in [0.1, 0.15) is 26.2 Å². The lowest BCUT2D eigenvalue weighted by Crippen LogP contribution is -2.37. The van der Waals surface area contributed by atoms with Crippen LogP contribution in [0, 0.1) is 17.3 Å². The summed E-state index contributed by atoms with van der Waals surface area (Å²) in [4.78, 5) is 11.4. The molecule has 1 aliphatic heterocycles. The van der Waals surface area contributed by atoms with Gasteiger partial charge in [0.1, 0.15) is 0 Å². The highest BCUT2D eigenvalue weighted by atomic mass is 16.7. The van der Waals surface area contributed by atoms with Crippen molar-refractivity contribution in [2.75, 3.05) is 0 Å². The largest absolute Gasteiger partial charge is 0.432 e. The molecule has 0 aromatic carbocycles. The van der Waals surface area contributed by atoms with E-state index in [-0.39, 0.29) is 17.3 Å². The molecule has 1 saturated heterocycles. The van der Waals surface area contributed by atoms with E-state index in [1.54, 1.807) is 0 Å². The number of rotatable bonds is 0. The third-order valence-corrected chi connectivity index (χ3v) is 3.91. The molecular weight excluding hydrogens is 156 g/mol. The van der Waals surface area contributed by atoms with E-state index in [1.165, 1.54) is 0 Å². The summed E-state index contributed by atoms with van der Waals surface area (Å²) >= 11 is 0. The summed E-state index contributed by atoms with van der Waals surface area (Å²) in [6.45, 7) is 1.93. The zero-order valence-corrected chi connectivity index (χ0v) is 7.04. The first-order valence-corrected chi connectivity index (χ1v) is 4.50. The number of esters is 1. The molecule has 3 heteroatoms. The average Bonchev–Trinajstić information content (AvgIpc) is 2.43. The summed E-state index contributed by atoms with van der Waals surface area (Å²) in [6, 6.07) is 0. The van der Waals surface area contributed by atoms with E-state index >= 15 is 0 Å². The minimum atomic E-state index is -1.09. The Hall–Kier alpha value is -0.570. The van der Waals surface area contributed by atoms with E-state index in [1.807, 2.05) is 6.92 Å². The zero-order chi connectivity index (χ0) is 8.56. The van der Waals surface area contributed by atoms with Crippen molar-refractivity contribution in [3.05, 3.63) is 0 Å². The van der Waals surface area contributed by atoms with Crippen LogP contribution in [0.15, 0.2) is 0 Å². The summed E-state index contributed by atoms with van der Waals surface area (Å²) in [5.41, 5.74) is -0.363. The first-order chi connectivity index (χ1) is 5.55. The molecule has 1 N–H and O–H groups in total. The van der Waals surface area contributed by atoms with E-state index in [2.05, 4.69) is 0 Å². The predicted octanol–water partition coefficient (Wildman–Crippen LogP) is 0.668. The Labute approximate surface area is 70.7 Å². The maximum absolute atomic E-state index is 11.4. The summed E-state index contributed by atoms with van der Waals surface area (Å²) in [5, 5.41) is 9.92. The first kappa shape index (κ1) is 6.89. The minimum absolute atomic E-state index is 0.0718. The minimum Gasteiger partial charge on any atom is -0.432 e. The Morgan fingerprint density at radius 2 is 2.33 bits per heavy atom. The molecule has 0 radical (unpaired) electrons. The van der Waals surface area contributed by atoms with Crippen LogP contribution in [0.2, 0.25) is 0 Å². The lowest BCUT2D eigenvalue weighted by atomic mass is 9.75. The summed E-state index contributed by atoms with van der Waals surface area (Å²) < 4.78 is 5.05. The molecular formula is C9H12O3. The molecule has 4 unspecified atom stereocenters. The number of carbonyl (C=O) groups is 1. The molecule has 3 rings (SSSR count). The van der Waals surface area contributed by atoms with Gasteiger partial charge in [-0.25, -0.2) is 0 Å². The molecule has 0 aromatic heterocycles. The smallest absolute Gasteiger partial charge is 0.314 e. The quantitative estimate of drug-likeness (QED) is 0.541. The van der Waals surface area contributed by atoms with Crippen LogP contribution in [0.5, 0.6) is 0 Å². The summed E-state index contributed by atoms with van der Waals surface area (Å²) in [6.07, 6.45) is 2.55. The van der Waals surface area contributed by atoms with Crippen LogP contribution in [-0.4, -0.2) is 16.9 Å². The van der Waals surface area contributed by atoms with Crippen LogP contribution in [-0.2, 0) is 9.53 Å². The third-order valence-electron chi connectivity index (χ3n) is 3.91. The van der Waals surface area contributed by atoms with E-state index in [4.69, 9.17) is 4.74 Å². The van der Waals surface area contributed by atoms with Crippen molar-refractivity contribution in [3.8, 4) is 0 Å². The number of carbonyl (C=O) groups excluding carboxylic acids is 1. The monoisotopic (exact) mass is 168 g/mol. The van der Waals surface area contributed by atoms with Crippen molar-refractivity contribution in [3.63, 3.8) is 0 Å². The van der Waals surface area contributed by atoms with Gasteiger partial charge in [0.2, 0.25) is 5.79 Å². The van der Waals surface area contributed by atoms with E-state index in [9.17, 15) is 9.90 Å². The van der Waals surface area contributed by atoms with Crippen LogP contribution < -0.4 is 0 Å². The molecule has 3 nitrogen and oxygen atoms in total. The Bertz CT molecular complexity index is 275. The fourth-order valence-corrected chi connectivity index (χ4v) is 3.43. The normalized spacial score (nSPS) is 61.0. The maximum Gasteiger partial charge on any atom is 0.314 e. The van der Waals surface area contributed by atoms with Crippen molar-refractivity contribution in [2.45, 2.75) is 32.0 Å². The average molecular weight is 168 g/mol. The molecule has 3 aliphatic rings. The van der Waals surface area contributed by atoms with Crippen molar-refractivity contribution in [1.29, 1.82) is 0 Å². The predicted molar refractivity (Wildman–Crippen MR) is 40.0 cm³/mol. The number of ether oxygens (including phenoxy) is 1. The van der Waals surface area contributed by atoms with Gasteiger partial charge < -0.3 is 9.84 Å². The molecule has 4 atom stereocenters. The third kappa shape index (κ3) is 0.505. The van der Waals surface area contributed by atoms with Gasteiger partial charge in [-0.2, -0.15) is 0 Å². The maximum atomic E-state index is 11.4. The standard InChI is InChI=1S/C9H12O3/c1-8-3-5-2-6(8)9(11,4-5)12-7(8)10/h5-6,11H,2-4H2,1H3. The van der Waals surface area contributed by atoms with Crippen LogP contribution in [0.4, 0.5) is 0 Å². The number of hydrogen-bond acceptors (Lipinski definition) is 3. The highest BCUT2D eigenvalue weighted by Crippen LogP contribution is 2.65. The Balaban J connectivity index is 2.15. The van der Waals surface area contributed by atoms with E-state index in [0.717, 1.165) is 12.8 Å². The summed E-state index contributed by atoms with van der Waals surface area (Å²) in [5.74, 6) is -0.691. The van der Waals surface area contributed by atoms with Gasteiger partial charge in [0.15, 0.2) is 0 Å². The fourth-order valence-electron chi connectivity index (χ4n) is 3.43. The Kier molecular flexibility index (Phi) is 0.893. The van der Waals surface area contributed by atoms with E-state index in [0.29, 0.717) is 12.3 Å². The van der Waals surface area contributed by atoms with Crippen molar-refractivity contribution in [1.82, 2.24) is 0 Å². The molecule has 0 amide bonds. The summed E-state index contributed by atoms with van der Waals surface area (Å²) in [7, 11) is 0. The van der Waals surface area contributed by atoms with Gasteiger partial charge >= 0.3 is 5.97 Å². The fraction of sp³-hybridized carbons (Fsp3) is 0.889. The van der Waals surface area contributed by atoms with Crippen molar-refractivity contribution >= 4 is 5.97 Å². The lowest BCUT2D eigenvalue weighted by molar-refractivity contribution is -0.195. The molecule has 0 spiro atoms. The lowest BCUT2D eigenvalue weighted by Gasteiger charge is -2.28. The number of hydrogen-bond donors (Lipinski definition) is 1. The zero-order valence-electron chi connectivity index (χ0n) is 7.04. The van der Waals surface area contributed by atoms with Gasteiger partial charge in [-0.3, -0.25) is 4.79 Å². The van der Waals surface area contributed by atoms with Crippen molar-refractivity contribution < 1.29 is 14.6 Å². The molecule has 12 heavy (non-hydrogen) atoms. The van der Waals surface area contributed by atoms with Gasteiger partial charge in [-0.15, -0.1) is 0 Å². The molecule has 66 valence electrons. The van der Waals surface area contributed by atoms with Gasteiger partial charge in [0.05, 0.1) is 5.41 Å². The molecule has 1 heterocycles. The number of aliphatic hydroxyl groups is 1. The van der Waals surface area contributed by atoms with E-state index < -0.39 is 5.79 Å². The molecule has 0 aromatic rings. The number of fused-ring (bicyclic) bond motifs is 1. The van der Waals surface area contributed by atoms with Crippen LogP contribution in [0.3, 0.4) is 0 Å². The van der Waals surface area contributed by atoms with Gasteiger partial charge in [-0.1, -0.05) is 0 Å². The van der Waals surface area contributed by atoms with Gasteiger partial charge in [0, 0.05) is 12.3 Å². The molecule has 2 aliphatic carbocycles. The van der Waals surface area contributed by atoms with Crippen LogP contribution >= 0.6 is 0 Å². The van der Waals surface area contributed by atoms with Crippen molar-refractivity contribution in [2.24, 2.45) is 17.3 Å². The molecule has 2 bridgehead atoms.